The van der Waals surface area contributed by atoms with E-state index in [1.807, 2.05) is 0 Å². The highest BCUT2D eigenvalue weighted by Crippen LogP contribution is 2.39. The zero-order valence-electron chi connectivity index (χ0n) is 19.7. The van der Waals surface area contributed by atoms with Crippen LogP contribution in [0.25, 0.3) is 0 Å². The second kappa shape index (κ2) is 8.84. The van der Waals surface area contributed by atoms with Crippen LogP contribution in [0.15, 0.2) is 36.4 Å². The van der Waals surface area contributed by atoms with E-state index in [2.05, 4.69) is 77.9 Å². The summed E-state index contributed by atoms with van der Waals surface area (Å²) < 4.78 is 22.7. The molecule has 2 aliphatic rings. The Kier molecular flexibility index (Phi) is 6.32. The van der Waals surface area contributed by atoms with Crippen molar-refractivity contribution < 1.29 is 18.9 Å². The minimum Gasteiger partial charge on any atom is -0.490 e. The van der Waals surface area contributed by atoms with Crippen molar-refractivity contribution in [1.82, 2.24) is 0 Å². The first-order chi connectivity index (χ1) is 14.8. The first-order valence-corrected chi connectivity index (χ1v) is 11.5. The van der Waals surface area contributed by atoms with Crippen molar-refractivity contribution in [3.8, 4) is 11.5 Å². The molecule has 2 saturated heterocycles. The fraction of sp³-hybridized carbons (Fsp3) is 0.556. The van der Waals surface area contributed by atoms with E-state index in [9.17, 15) is 0 Å². The number of ether oxygens (including phenoxy) is 4. The Hall–Kier alpha value is -2.04. The summed E-state index contributed by atoms with van der Waals surface area (Å²) >= 11 is 0. The predicted molar refractivity (Wildman–Crippen MR) is 124 cm³/mol. The lowest BCUT2D eigenvalue weighted by Gasteiger charge is -2.29. The first-order valence-electron chi connectivity index (χ1n) is 11.5. The second-order valence-electron chi connectivity index (χ2n) is 9.97. The highest BCUT2D eigenvalue weighted by molar-refractivity contribution is 5.49. The molecule has 2 unspecified atom stereocenters. The van der Waals surface area contributed by atoms with Gasteiger partial charge in [0.2, 0.25) is 0 Å². The van der Waals surface area contributed by atoms with Gasteiger partial charge in [0.15, 0.2) is 0 Å². The number of benzene rings is 2. The molecule has 0 bridgehead atoms. The highest BCUT2D eigenvalue weighted by Gasteiger charge is 2.28. The third kappa shape index (κ3) is 5.24. The largest absolute Gasteiger partial charge is 0.490 e. The standard InChI is InChI=1S/C27H36O4/c1-17(2)23-11-19(7-9-25(23)30-15-21-13-28-21)27(5,6)20-8-10-26(24(12-20)18(3)4)31-16-22-14-29-22/h7-12,17-18,21-22H,13-16H2,1-6H3. The molecule has 2 heterocycles. The summed E-state index contributed by atoms with van der Waals surface area (Å²) in [6.07, 6.45) is 0.524. The topological polar surface area (TPSA) is 43.5 Å². The molecule has 0 aromatic heterocycles. The first kappa shape index (κ1) is 22.2. The Morgan fingerprint density at radius 2 is 1.16 bits per heavy atom. The van der Waals surface area contributed by atoms with Crippen LogP contribution in [-0.4, -0.2) is 38.6 Å². The van der Waals surface area contributed by atoms with Gasteiger partial charge >= 0.3 is 0 Å². The zero-order valence-corrected chi connectivity index (χ0v) is 19.7. The number of rotatable bonds is 10. The van der Waals surface area contributed by atoms with Crippen molar-refractivity contribution in [2.45, 2.75) is 71.0 Å². The molecule has 31 heavy (non-hydrogen) atoms. The summed E-state index contributed by atoms with van der Waals surface area (Å²) in [4.78, 5) is 0. The fourth-order valence-electron chi connectivity index (χ4n) is 3.90. The SMILES string of the molecule is CC(C)c1cc(C(C)(C)c2ccc(OCC3CO3)c(C(C)C)c2)ccc1OCC1CO1. The van der Waals surface area contributed by atoms with Gasteiger partial charge in [0.05, 0.1) is 13.2 Å². The fourth-order valence-corrected chi connectivity index (χ4v) is 3.90. The van der Waals surface area contributed by atoms with Crippen molar-refractivity contribution in [3.63, 3.8) is 0 Å². The van der Waals surface area contributed by atoms with E-state index in [4.69, 9.17) is 18.9 Å². The van der Waals surface area contributed by atoms with E-state index in [1.54, 1.807) is 0 Å². The molecular formula is C27H36O4. The summed E-state index contributed by atoms with van der Waals surface area (Å²) in [7, 11) is 0. The van der Waals surface area contributed by atoms with Gasteiger partial charge in [-0.1, -0.05) is 65.8 Å². The summed E-state index contributed by atoms with van der Waals surface area (Å²) in [5.74, 6) is 2.72. The van der Waals surface area contributed by atoms with E-state index in [-0.39, 0.29) is 17.6 Å². The van der Waals surface area contributed by atoms with Gasteiger partial charge in [0, 0.05) is 5.41 Å². The molecule has 0 saturated carbocycles. The third-order valence-corrected chi connectivity index (χ3v) is 6.36. The molecule has 168 valence electrons. The van der Waals surface area contributed by atoms with Crippen molar-refractivity contribution in [2.24, 2.45) is 0 Å². The Balaban J connectivity index is 1.61. The van der Waals surface area contributed by atoms with E-state index in [0.29, 0.717) is 25.0 Å². The maximum absolute atomic E-state index is 6.06. The molecular weight excluding hydrogens is 388 g/mol. The van der Waals surface area contributed by atoms with Gasteiger partial charge in [-0.25, -0.2) is 0 Å². The van der Waals surface area contributed by atoms with Crippen LogP contribution in [0.1, 0.15) is 75.6 Å². The van der Waals surface area contributed by atoms with Gasteiger partial charge in [0.1, 0.15) is 36.9 Å². The minimum absolute atomic E-state index is 0.135. The molecule has 2 atom stereocenters. The van der Waals surface area contributed by atoms with Crippen molar-refractivity contribution >= 4 is 0 Å². The maximum atomic E-state index is 6.06. The number of hydrogen-bond donors (Lipinski definition) is 0. The molecule has 4 rings (SSSR count). The van der Waals surface area contributed by atoms with Crippen LogP contribution in [0.5, 0.6) is 11.5 Å². The van der Waals surface area contributed by atoms with E-state index >= 15 is 0 Å². The summed E-state index contributed by atoms with van der Waals surface area (Å²) in [6.45, 7) is 16.4. The van der Waals surface area contributed by atoms with Gasteiger partial charge in [-0.05, 0) is 46.2 Å². The second-order valence-corrected chi connectivity index (χ2v) is 9.97. The lowest BCUT2D eigenvalue weighted by Crippen LogP contribution is -2.20. The van der Waals surface area contributed by atoms with Crippen molar-refractivity contribution in [3.05, 3.63) is 58.7 Å². The molecule has 4 nitrogen and oxygen atoms in total. The quantitative estimate of drug-likeness (QED) is 0.451. The van der Waals surface area contributed by atoms with Crippen LogP contribution in [0.2, 0.25) is 0 Å². The Morgan fingerprint density at radius 3 is 1.48 bits per heavy atom. The Bertz CT molecular complexity index is 834. The lowest BCUT2D eigenvalue weighted by molar-refractivity contribution is 0.260. The van der Waals surface area contributed by atoms with Crippen LogP contribution < -0.4 is 9.47 Å². The summed E-state index contributed by atoms with van der Waals surface area (Å²) in [6, 6.07) is 13.3. The summed E-state index contributed by atoms with van der Waals surface area (Å²) in [5.41, 5.74) is 4.95. The molecule has 0 N–H and O–H groups in total. The molecule has 0 aliphatic carbocycles. The number of hydrogen-bond acceptors (Lipinski definition) is 4. The summed E-state index contributed by atoms with van der Waals surface area (Å²) in [5, 5.41) is 0. The molecule has 2 aliphatic heterocycles. The average molecular weight is 425 g/mol. The van der Waals surface area contributed by atoms with E-state index < -0.39 is 0 Å². The Morgan fingerprint density at radius 1 is 0.774 bits per heavy atom. The van der Waals surface area contributed by atoms with Crippen LogP contribution in [0.3, 0.4) is 0 Å². The van der Waals surface area contributed by atoms with Crippen LogP contribution in [-0.2, 0) is 14.9 Å². The van der Waals surface area contributed by atoms with Gasteiger partial charge < -0.3 is 18.9 Å². The van der Waals surface area contributed by atoms with Crippen LogP contribution in [0.4, 0.5) is 0 Å². The molecule has 2 aromatic rings. The lowest BCUT2D eigenvalue weighted by atomic mass is 9.76. The van der Waals surface area contributed by atoms with E-state index in [0.717, 1.165) is 24.7 Å². The van der Waals surface area contributed by atoms with Gasteiger partial charge in [-0.2, -0.15) is 0 Å². The maximum Gasteiger partial charge on any atom is 0.122 e. The third-order valence-electron chi connectivity index (χ3n) is 6.36. The van der Waals surface area contributed by atoms with Crippen LogP contribution in [0, 0.1) is 0 Å². The monoisotopic (exact) mass is 424 g/mol. The highest BCUT2D eigenvalue weighted by atomic mass is 16.6. The zero-order chi connectivity index (χ0) is 22.2. The molecule has 0 radical (unpaired) electrons. The van der Waals surface area contributed by atoms with Crippen LogP contribution >= 0.6 is 0 Å². The molecule has 0 amide bonds. The predicted octanol–water partition coefficient (Wildman–Crippen LogP) is 5.81. The smallest absolute Gasteiger partial charge is 0.122 e. The molecule has 0 spiro atoms. The van der Waals surface area contributed by atoms with Gasteiger partial charge in [0.25, 0.3) is 0 Å². The van der Waals surface area contributed by atoms with Gasteiger partial charge in [-0.15, -0.1) is 0 Å². The van der Waals surface area contributed by atoms with Gasteiger partial charge in [-0.3, -0.25) is 0 Å². The number of epoxide rings is 2. The minimum atomic E-state index is -0.135. The molecule has 2 fully saturated rings. The van der Waals surface area contributed by atoms with Crippen molar-refractivity contribution in [2.75, 3.05) is 26.4 Å². The normalized spacial score (nSPS) is 20.3. The average Bonchev–Trinajstić information content (AvgIpc) is 3.65. The molecule has 4 heteroatoms. The Labute approximate surface area is 186 Å². The molecule has 2 aromatic carbocycles. The van der Waals surface area contributed by atoms with E-state index in [1.165, 1.54) is 22.3 Å². The van der Waals surface area contributed by atoms with Crippen molar-refractivity contribution in [1.29, 1.82) is 0 Å².